The molecule has 1 aromatic heterocycles. The molecule has 5 nitrogen and oxygen atoms in total. The van der Waals surface area contributed by atoms with Gasteiger partial charge in [0.1, 0.15) is 5.15 Å². The van der Waals surface area contributed by atoms with Crippen molar-refractivity contribution < 1.29 is 8.42 Å². The van der Waals surface area contributed by atoms with E-state index in [0.29, 0.717) is 9.50 Å². The van der Waals surface area contributed by atoms with Crippen LogP contribution in [0.15, 0.2) is 40.0 Å². The summed E-state index contributed by atoms with van der Waals surface area (Å²) in [4.78, 5) is 7.60. The van der Waals surface area contributed by atoms with Gasteiger partial charge in [-0.1, -0.05) is 23.2 Å². The maximum absolute atomic E-state index is 12.1. The van der Waals surface area contributed by atoms with Crippen LogP contribution in [0, 0.1) is 0 Å². The Bertz CT molecular complexity index is 707. The minimum atomic E-state index is -3.75. The normalized spacial score (nSPS) is 11.3. The third-order valence-corrected chi connectivity index (χ3v) is 4.82. The summed E-state index contributed by atoms with van der Waals surface area (Å²) in [6, 6.07) is 4.26. The molecule has 1 N–H and O–H groups in total. The number of rotatable bonds is 3. The average molecular weight is 383 g/mol. The van der Waals surface area contributed by atoms with Gasteiger partial charge >= 0.3 is 0 Å². The van der Waals surface area contributed by atoms with E-state index in [2.05, 4.69) is 30.6 Å². The Morgan fingerprint density at radius 2 is 1.89 bits per heavy atom. The first kappa shape index (κ1) is 14.5. The fraction of sp³-hybridized carbons (Fsp3) is 0. The van der Waals surface area contributed by atoms with Crippen molar-refractivity contribution in [2.45, 2.75) is 4.90 Å². The summed E-state index contributed by atoms with van der Waals surface area (Å²) < 4.78 is 26.9. The maximum atomic E-state index is 12.1. The summed E-state index contributed by atoms with van der Waals surface area (Å²) in [5, 5.41) is 0.599. The molecular weight excluding hydrogens is 377 g/mol. The summed E-state index contributed by atoms with van der Waals surface area (Å²) in [6.07, 6.45) is 2.47. The summed E-state index contributed by atoms with van der Waals surface area (Å²) in [6.45, 7) is 0. The minimum Gasteiger partial charge on any atom is -0.262 e. The number of hydrogen-bond donors (Lipinski definition) is 1. The summed E-state index contributed by atoms with van der Waals surface area (Å²) in [5.41, 5.74) is 0. The number of sulfonamides is 1. The monoisotopic (exact) mass is 381 g/mol. The van der Waals surface area contributed by atoms with Gasteiger partial charge in [0.05, 0.1) is 22.3 Å². The molecule has 0 aliphatic heterocycles. The molecule has 0 radical (unpaired) electrons. The molecule has 0 fully saturated rings. The van der Waals surface area contributed by atoms with Crippen LogP contribution in [0.1, 0.15) is 0 Å². The fourth-order valence-electron chi connectivity index (χ4n) is 1.21. The SMILES string of the molecule is O=S(=O)(Nc1cnc(Cl)cn1)c1ccc(Cl)c(Br)c1. The van der Waals surface area contributed by atoms with E-state index in [0.717, 1.165) is 0 Å². The highest BCUT2D eigenvalue weighted by Gasteiger charge is 2.16. The van der Waals surface area contributed by atoms with E-state index in [1.165, 1.54) is 30.6 Å². The highest BCUT2D eigenvalue weighted by atomic mass is 79.9. The molecule has 19 heavy (non-hydrogen) atoms. The molecule has 1 heterocycles. The molecule has 0 aliphatic carbocycles. The largest absolute Gasteiger partial charge is 0.263 e. The van der Waals surface area contributed by atoms with E-state index in [9.17, 15) is 8.42 Å². The van der Waals surface area contributed by atoms with Crippen molar-refractivity contribution in [2.75, 3.05) is 4.72 Å². The molecule has 0 bridgehead atoms. The lowest BCUT2D eigenvalue weighted by Gasteiger charge is -2.07. The average Bonchev–Trinajstić information content (AvgIpc) is 2.35. The van der Waals surface area contributed by atoms with Crippen molar-refractivity contribution in [2.24, 2.45) is 0 Å². The number of halogens is 3. The van der Waals surface area contributed by atoms with Crippen molar-refractivity contribution in [3.05, 3.63) is 45.2 Å². The molecule has 0 aliphatic rings. The standard InChI is InChI=1S/C10H6BrCl2N3O2S/c11-7-3-6(1-2-8(7)12)19(17,18)16-10-5-14-9(13)4-15-10/h1-5H,(H,15,16). The van der Waals surface area contributed by atoms with Crippen LogP contribution in [0.4, 0.5) is 5.82 Å². The van der Waals surface area contributed by atoms with Crippen LogP contribution >= 0.6 is 39.1 Å². The first-order valence-corrected chi connectivity index (χ1v) is 7.87. The van der Waals surface area contributed by atoms with Crippen LogP contribution in [-0.4, -0.2) is 18.4 Å². The Hall–Kier alpha value is -0.890. The third kappa shape index (κ3) is 3.56. The second-order valence-electron chi connectivity index (χ2n) is 3.41. The van der Waals surface area contributed by atoms with Gasteiger partial charge in [-0.3, -0.25) is 4.72 Å². The second kappa shape index (κ2) is 5.62. The topological polar surface area (TPSA) is 72.0 Å². The molecule has 100 valence electrons. The molecule has 9 heteroatoms. The number of hydrogen-bond acceptors (Lipinski definition) is 4. The third-order valence-electron chi connectivity index (χ3n) is 2.06. The highest BCUT2D eigenvalue weighted by Crippen LogP contribution is 2.26. The van der Waals surface area contributed by atoms with E-state index >= 15 is 0 Å². The van der Waals surface area contributed by atoms with E-state index in [4.69, 9.17) is 23.2 Å². The second-order valence-corrected chi connectivity index (χ2v) is 6.74. The zero-order valence-corrected chi connectivity index (χ0v) is 13.1. The number of aromatic nitrogens is 2. The molecule has 0 unspecified atom stereocenters. The summed E-state index contributed by atoms with van der Waals surface area (Å²) >= 11 is 14.5. The van der Waals surface area contributed by atoms with Crippen LogP contribution in [0.3, 0.4) is 0 Å². The summed E-state index contributed by atoms with van der Waals surface area (Å²) in [5.74, 6) is 0.0791. The van der Waals surface area contributed by atoms with Crippen LogP contribution in [-0.2, 0) is 10.0 Å². The van der Waals surface area contributed by atoms with Crippen molar-refractivity contribution in [1.29, 1.82) is 0 Å². The zero-order valence-electron chi connectivity index (χ0n) is 9.14. The Balaban J connectivity index is 2.32. The predicted molar refractivity (Wildman–Crippen MR) is 77.0 cm³/mol. The minimum absolute atomic E-state index is 0.0560. The van der Waals surface area contributed by atoms with E-state index in [1.807, 2.05) is 0 Å². The van der Waals surface area contributed by atoms with Gasteiger partial charge in [-0.15, -0.1) is 0 Å². The Labute approximate surface area is 128 Å². The smallest absolute Gasteiger partial charge is 0.262 e. The lowest BCUT2D eigenvalue weighted by molar-refractivity contribution is 0.601. The number of benzene rings is 1. The van der Waals surface area contributed by atoms with Crippen LogP contribution < -0.4 is 4.72 Å². The number of anilines is 1. The van der Waals surface area contributed by atoms with E-state index in [-0.39, 0.29) is 15.9 Å². The molecule has 2 aromatic rings. The zero-order chi connectivity index (χ0) is 14.0. The van der Waals surface area contributed by atoms with E-state index in [1.54, 1.807) is 0 Å². The number of nitrogens with one attached hydrogen (secondary N) is 1. The molecule has 0 saturated carbocycles. The van der Waals surface area contributed by atoms with E-state index < -0.39 is 10.0 Å². The van der Waals surface area contributed by atoms with Gasteiger partial charge in [-0.25, -0.2) is 18.4 Å². The molecule has 1 aromatic carbocycles. The quantitative estimate of drug-likeness (QED) is 0.883. The molecule has 0 amide bonds. The molecular formula is C10H6BrCl2N3O2S. The van der Waals surface area contributed by atoms with Crippen molar-refractivity contribution in [1.82, 2.24) is 9.97 Å². The van der Waals surface area contributed by atoms with Crippen molar-refractivity contribution in [3.63, 3.8) is 0 Å². The van der Waals surface area contributed by atoms with Gasteiger partial charge in [-0.2, -0.15) is 0 Å². The van der Waals surface area contributed by atoms with Crippen molar-refractivity contribution >= 4 is 55.0 Å². The first-order valence-electron chi connectivity index (χ1n) is 4.84. The highest BCUT2D eigenvalue weighted by molar-refractivity contribution is 9.10. The predicted octanol–water partition coefficient (Wildman–Crippen LogP) is 3.35. The Morgan fingerprint density at radius 1 is 1.16 bits per heavy atom. The number of nitrogens with zero attached hydrogens (tertiary/aromatic N) is 2. The van der Waals surface area contributed by atoms with Crippen molar-refractivity contribution in [3.8, 4) is 0 Å². The lowest BCUT2D eigenvalue weighted by Crippen LogP contribution is -2.14. The molecule has 0 saturated heterocycles. The first-order chi connectivity index (χ1) is 8.88. The van der Waals surface area contributed by atoms with Gasteiger partial charge < -0.3 is 0 Å². The van der Waals surface area contributed by atoms with Crippen LogP contribution in [0.5, 0.6) is 0 Å². The molecule has 2 rings (SSSR count). The molecule has 0 spiro atoms. The van der Waals surface area contributed by atoms with Crippen LogP contribution in [0.25, 0.3) is 0 Å². The Kier molecular flexibility index (Phi) is 4.29. The fourth-order valence-corrected chi connectivity index (χ4v) is 2.97. The maximum Gasteiger partial charge on any atom is 0.263 e. The van der Waals surface area contributed by atoms with Gasteiger partial charge in [0.25, 0.3) is 10.0 Å². The lowest BCUT2D eigenvalue weighted by atomic mass is 10.4. The summed E-state index contributed by atoms with van der Waals surface area (Å²) in [7, 11) is -3.75. The van der Waals surface area contributed by atoms with Gasteiger partial charge in [0, 0.05) is 4.47 Å². The Morgan fingerprint density at radius 3 is 2.47 bits per heavy atom. The van der Waals surface area contributed by atoms with Gasteiger partial charge in [-0.05, 0) is 34.1 Å². The van der Waals surface area contributed by atoms with Crippen LogP contribution in [0.2, 0.25) is 10.2 Å². The molecule has 0 atom stereocenters. The van der Waals surface area contributed by atoms with Gasteiger partial charge in [0.2, 0.25) is 0 Å². The van der Waals surface area contributed by atoms with Gasteiger partial charge in [0.15, 0.2) is 5.82 Å².